The number of aryl methyl sites for hydroxylation is 1. The minimum absolute atomic E-state index is 0.314. The van der Waals surface area contributed by atoms with Gasteiger partial charge in [-0.05, 0) is 44.4 Å². The van der Waals surface area contributed by atoms with Crippen LogP contribution in [0.1, 0.15) is 33.3 Å². The minimum Gasteiger partial charge on any atom is -0.207 e. The van der Waals surface area contributed by atoms with Crippen LogP contribution in [0.25, 0.3) is 11.1 Å². The third kappa shape index (κ3) is 3.96. The zero-order valence-electron chi connectivity index (χ0n) is 13.6. The SMILES string of the molecule is CCc1ccc(-c2ccccc2S(=O)(=O)NC(C)(C)C)cc1. The Morgan fingerprint density at radius 1 is 0.955 bits per heavy atom. The van der Waals surface area contributed by atoms with E-state index in [0.29, 0.717) is 4.90 Å². The molecule has 0 saturated carbocycles. The number of hydrogen-bond donors (Lipinski definition) is 1. The summed E-state index contributed by atoms with van der Waals surface area (Å²) in [5.41, 5.74) is 2.35. The highest BCUT2D eigenvalue weighted by atomic mass is 32.2. The predicted octanol–water partition coefficient (Wildman–Crippen LogP) is 3.99. The first-order valence-electron chi connectivity index (χ1n) is 7.45. The Bertz CT molecular complexity index is 741. The smallest absolute Gasteiger partial charge is 0.207 e. The van der Waals surface area contributed by atoms with Crippen molar-refractivity contribution in [1.29, 1.82) is 0 Å². The molecule has 0 aliphatic carbocycles. The molecule has 118 valence electrons. The summed E-state index contributed by atoms with van der Waals surface area (Å²) in [6.45, 7) is 7.61. The molecule has 2 aromatic carbocycles. The molecule has 0 fully saturated rings. The van der Waals surface area contributed by atoms with Crippen molar-refractivity contribution in [1.82, 2.24) is 4.72 Å². The maximum Gasteiger partial charge on any atom is 0.241 e. The van der Waals surface area contributed by atoms with Crippen LogP contribution in [0, 0.1) is 0 Å². The van der Waals surface area contributed by atoms with Gasteiger partial charge < -0.3 is 0 Å². The van der Waals surface area contributed by atoms with E-state index in [1.54, 1.807) is 12.1 Å². The standard InChI is InChI=1S/C18H23NO2S/c1-5-14-10-12-15(13-11-14)16-8-6-7-9-17(16)22(20,21)19-18(2,3)4/h6-13,19H,5H2,1-4H3. The van der Waals surface area contributed by atoms with Crippen LogP contribution < -0.4 is 4.72 Å². The highest BCUT2D eigenvalue weighted by Gasteiger charge is 2.24. The summed E-state index contributed by atoms with van der Waals surface area (Å²) in [5, 5.41) is 0. The zero-order valence-corrected chi connectivity index (χ0v) is 14.4. The van der Waals surface area contributed by atoms with Crippen LogP contribution >= 0.6 is 0 Å². The van der Waals surface area contributed by atoms with Gasteiger partial charge in [-0.25, -0.2) is 13.1 Å². The molecule has 2 aromatic rings. The summed E-state index contributed by atoms with van der Waals surface area (Å²) in [4.78, 5) is 0.314. The molecule has 0 radical (unpaired) electrons. The largest absolute Gasteiger partial charge is 0.241 e. The molecular weight excluding hydrogens is 294 g/mol. The topological polar surface area (TPSA) is 46.2 Å². The molecule has 0 aliphatic heterocycles. The van der Waals surface area contributed by atoms with Crippen molar-refractivity contribution >= 4 is 10.0 Å². The van der Waals surface area contributed by atoms with Gasteiger partial charge >= 0.3 is 0 Å². The summed E-state index contributed by atoms with van der Waals surface area (Å²) in [7, 11) is -3.56. The first kappa shape index (κ1) is 16.7. The quantitative estimate of drug-likeness (QED) is 0.926. The second-order valence-electron chi connectivity index (χ2n) is 6.40. The number of rotatable bonds is 4. The molecule has 0 amide bonds. The molecule has 0 aliphatic rings. The molecule has 0 aromatic heterocycles. The van der Waals surface area contributed by atoms with Gasteiger partial charge in [-0.1, -0.05) is 49.4 Å². The van der Waals surface area contributed by atoms with Gasteiger partial charge in [0.2, 0.25) is 10.0 Å². The molecule has 0 saturated heterocycles. The Morgan fingerprint density at radius 3 is 2.09 bits per heavy atom. The molecule has 0 atom stereocenters. The van der Waals surface area contributed by atoms with Crippen LogP contribution in [0.5, 0.6) is 0 Å². The summed E-state index contributed by atoms with van der Waals surface area (Å²) in [6.07, 6.45) is 0.964. The van der Waals surface area contributed by atoms with E-state index in [1.807, 2.05) is 57.2 Å². The molecule has 0 bridgehead atoms. The molecule has 0 spiro atoms. The lowest BCUT2D eigenvalue weighted by atomic mass is 10.0. The molecule has 3 nitrogen and oxygen atoms in total. The number of sulfonamides is 1. The van der Waals surface area contributed by atoms with E-state index in [0.717, 1.165) is 17.5 Å². The zero-order chi connectivity index (χ0) is 16.4. The first-order valence-corrected chi connectivity index (χ1v) is 8.93. The van der Waals surface area contributed by atoms with Crippen LogP contribution in [0.15, 0.2) is 53.4 Å². The average molecular weight is 317 g/mol. The van der Waals surface area contributed by atoms with E-state index in [4.69, 9.17) is 0 Å². The summed E-state index contributed by atoms with van der Waals surface area (Å²) in [5.74, 6) is 0. The van der Waals surface area contributed by atoms with Gasteiger partial charge in [0.25, 0.3) is 0 Å². The Hall–Kier alpha value is -1.65. The maximum absolute atomic E-state index is 12.7. The molecule has 4 heteroatoms. The highest BCUT2D eigenvalue weighted by molar-refractivity contribution is 7.89. The Kier molecular flexibility index (Phi) is 4.73. The van der Waals surface area contributed by atoms with Gasteiger partial charge in [0, 0.05) is 11.1 Å². The maximum atomic E-state index is 12.7. The fourth-order valence-corrected chi connectivity index (χ4v) is 3.97. The van der Waals surface area contributed by atoms with Crippen LogP contribution in [0.3, 0.4) is 0 Å². The van der Waals surface area contributed by atoms with E-state index in [1.165, 1.54) is 5.56 Å². The summed E-state index contributed by atoms with van der Waals surface area (Å²) in [6, 6.07) is 15.1. The normalized spacial score (nSPS) is 12.4. The van der Waals surface area contributed by atoms with Gasteiger partial charge in [-0.15, -0.1) is 0 Å². The molecule has 0 unspecified atom stereocenters. The van der Waals surface area contributed by atoms with Gasteiger partial charge in [0.15, 0.2) is 0 Å². The van der Waals surface area contributed by atoms with Crippen LogP contribution in [-0.4, -0.2) is 14.0 Å². The van der Waals surface area contributed by atoms with Gasteiger partial charge in [0.1, 0.15) is 0 Å². The van der Waals surface area contributed by atoms with E-state index >= 15 is 0 Å². The highest BCUT2D eigenvalue weighted by Crippen LogP contribution is 2.28. The molecule has 0 heterocycles. The second-order valence-corrected chi connectivity index (χ2v) is 8.05. The fraction of sp³-hybridized carbons (Fsp3) is 0.333. The van der Waals surface area contributed by atoms with Crippen molar-refractivity contribution in [2.24, 2.45) is 0 Å². The van der Waals surface area contributed by atoms with Crippen molar-refractivity contribution < 1.29 is 8.42 Å². The lowest BCUT2D eigenvalue weighted by Crippen LogP contribution is -2.40. The third-order valence-corrected chi connectivity index (χ3v) is 5.11. The van der Waals surface area contributed by atoms with Crippen molar-refractivity contribution in [3.8, 4) is 11.1 Å². The Morgan fingerprint density at radius 2 is 1.55 bits per heavy atom. The Labute approximate surface area is 133 Å². The molecule has 1 N–H and O–H groups in total. The van der Waals surface area contributed by atoms with E-state index < -0.39 is 15.6 Å². The van der Waals surface area contributed by atoms with Crippen molar-refractivity contribution in [2.45, 2.75) is 44.6 Å². The van der Waals surface area contributed by atoms with Crippen LogP contribution in [0.2, 0.25) is 0 Å². The van der Waals surface area contributed by atoms with Gasteiger partial charge in [-0.3, -0.25) is 0 Å². The molecule has 2 rings (SSSR count). The minimum atomic E-state index is -3.56. The van der Waals surface area contributed by atoms with Gasteiger partial charge in [0.05, 0.1) is 4.90 Å². The fourth-order valence-electron chi connectivity index (χ4n) is 2.32. The monoisotopic (exact) mass is 317 g/mol. The van der Waals surface area contributed by atoms with E-state index in [2.05, 4.69) is 11.6 Å². The van der Waals surface area contributed by atoms with Crippen LogP contribution in [-0.2, 0) is 16.4 Å². The number of benzene rings is 2. The summed E-state index contributed by atoms with van der Waals surface area (Å²) < 4.78 is 28.0. The lowest BCUT2D eigenvalue weighted by molar-refractivity contribution is 0.491. The van der Waals surface area contributed by atoms with Crippen LogP contribution in [0.4, 0.5) is 0 Å². The average Bonchev–Trinajstić information content (AvgIpc) is 2.45. The van der Waals surface area contributed by atoms with Crippen molar-refractivity contribution in [3.63, 3.8) is 0 Å². The second kappa shape index (κ2) is 6.23. The van der Waals surface area contributed by atoms with E-state index in [9.17, 15) is 8.42 Å². The Balaban J connectivity index is 2.51. The molecular formula is C18H23NO2S. The van der Waals surface area contributed by atoms with Crippen molar-refractivity contribution in [2.75, 3.05) is 0 Å². The van der Waals surface area contributed by atoms with Gasteiger partial charge in [-0.2, -0.15) is 0 Å². The molecule has 22 heavy (non-hydrogen) atoms. The predicted molar refractivity (Wildman–Crippen MR) is 91.3 cm³/mol. The van der Waals surface area contributed by atoms with E-state index in [-0.39, 0.29) is 0 Å². The summed E-state index contributed by atoms with van der Waals surface area (Å²) >= 11 is 0. The number of hydrogen-bond acceptors (Lipinski definition) is 2. The lowest BCUT2D eigenvalue weighted by Gasteiger charge is -2.21. The van der Waals surface area contributed by atoms with Crippen molar-refractivity contribution in [3.05, 3.63) is 54.1 Å². The number of nitrogens with one attached hydrogen (secondary N) is 1. The first-order chi connectivity index (χ1) is 10.2. The third-order valence-electron chi connectivity index (χ3n) is 3.29.